The highest BCUT2D eigenvalue weighted by atomic mass is 35.5. The van der Waals surface area contributed by atoms with Crippen molar-refractivity contribution in [2.75, 3.05) is 5.32 Å². The van der Waals surface area contributed by atoms with Crippen molar-refractivity contribution in [1.29, 1.82) is 0 Å². The van der Waals surface area contributed by atoms with Crippen molar-refractivity contribution in [1.82, 2.24) is 5.48 Å². The lowest BCUT2D eigenvalue weighted by atomic mass is 10.3. The predicted molar refractivity (Wildman–Crippen MR) is 49.1 cm³/mol. The lowest BCUT2D eigenvalue weighted by Crippen LogP contribution is -2.13. The minimum atomic E-state index is 0.317. The first-order chi connectivity index (χ1) is 5.72. The van der Waals surface area contributed by atoms with Gasteiger partial charge in [0.25, 0.3) is 0 Å². The SMILES string of the molecule is C=C(NO)Nc1ccc(Cl)cc1. The summed E-state index contributed by atoms with van der Waals surface area (Å²) in [5.41, 5.74) is 2.70. The molecule has 0 bridgehead atoms. The van der Waals surface area contributed by atoms with Gasteiger partial charge in [-0.25, -0.2) is 0 Å². The van der Waals surface area contributed by atoms with Crippen LogP contribution in [0.1, 0.15) is 0 Å². The molecule has 4 heteroatoms. The number of hydrogen-bond acceptors (Lipinski definition) is 3. The van der Waals surface area contributed by atoms with E-state index in [1.54, 1.807) is 24.3 Å². The molecule has 0 aliphatic rings. The van der Waals surface area contributed by atoms with Crippen LogP contribution in [0, 0.1) is 0 Å². The maximum absolute atomic E-state index is 8.41. The molecule has 0 heterocycles. The number of hydroxylamine groups is 1. The molecule has 1 aromatic rings. The summed E-state index contributed by atoms with van der Waals surface area (Å²) in [5, 5.41) is 11.9. The standard InChI is InChI=1S/C8H9ClN2O/c1-6(11-12)10-8-4-2-7(9)3-5-8/h2-5,10-12H,1H2. The molecule has 0 saturated heterocycles. The number of hydrogen-bond donors (Lipinski definition) is 3. The second-order valence-electron chi connectivity index (χ2n) is 2.22. The Balaban J connectivity index is 2.64. The molecule has 0 aliphatic heterocycles. The summed E-state index contributed by atoms with van der Waals surface area (Å²) in [6, 6.07) is 7.05. The number of nitrogens with one attached hydrogen (secondary N) is 2. The molecule has 0 aromatic heterocycles. The highest BCUT2D eigenvalue weighted by molar-refractivity contribution is 6.30. The second-order valence-corrected chi connectivity index (χ2v) is 2.66. The third-order valence-corrected chi connectivity index (χ3v) is 1.53. The van der Waals surface area contributed by atoms with Crippen molar-refractivity contribution in [2.45, 2.75) is 0 Å². The summed E-state index contributed by atoms with van der Waals surface area (Å²) >= 11 is 5.67. The van der Waals surface area contributed by atoms with Gasteiger partial charge in [-0.3, -0.25) is 10.7 Å². The molecule has 1 aromatic carbocycles. The average molecular weight is 185 g/mol. The van der Waals surface area contributed by atoms with Gasteiger partial charge in [0.2, 0.25) is 0 Å². The molecule has 12 heavy (non-hydrogen) atoms. The van der Waals surface area contributed by atoms with E-state index in [-0.39, 0.29) is 0 Å². The number of halogens is 1. The first-order valence-corrected chi connectivity index (χ1v) is 3.72. The first kappa shape index (κ1) is 8.90. The van der Waals surface area contributed by atoms with Crippen LogP contribution in [-0.2, 0) is 0 Å². The van der Waals surface area contributed by atoms with Gasteiger partial charge in [-0.1, -0.05) is 18.2 Å². The summed E-state index contributed by atoms with van der Waals surface area (Å²) < 4.78 is 0. The Morgan fingerprint density at radius 3 is 2.42 bits per heavy atom. The van der Waals surface area contributed by atoms with Gasteiger partial charge < -0.3 is 5.32 Å². The van der Waals surface area contributed by atoms with Gasteiger partial charge in [0.15, 0.2) is 0 Å². The summed E-state index contributed by atoms with van der Waals surface area (Å²) in [6.07, 6.45) is 0. The van der Waals surface area contributed by atoms with E-state index in [1.165, 1.54) is 0 Å². The maximum atomic E-state index is 8.41. The van der Waals surface area contributed by atoms with Crippen LogP contribution >= 0.6 is 11.6 Å². The monoisotopic (exact) mass is 184 g/mol. The van der Waals surface area contributed by atoms with E-state index < -0.39 is 0 Å². The predicted octanol–water partition coefficient (Wildman–Crippen LogP) is 2.20. The van der Waals surface area contributed by atoms with Crippen LogP contribution < -0.4 is 10.8 Å². The lowest BCUT2D eigenvalue weighted by Gasteiger charge is -2.06. The van der Waals surface area contributed by atoms with E-state index in [4.69, 9.17) is 16.8 Å². The van der Waals surface area contributed by atoms with Crippen LogP contribution in [0.4, 0.5) is 5.69 Å². The minimum absolute atomic E-state index is 0.317. The molecule has 1 rings (SSSR count). The highest BCUT2D eigenvalue weighted by Gasteiger charge is 1.92. The van der Waals surface area contributed by atoms with Crippen molar-refractivity contribution < 1.29 is 5.21 Å². The molecule has 64 valence electrons. The Morgan fingerprint density at radius 1 is 1.33 bits per heavy atom. The second kappa shape index (κ2) is 3.99. The molecule has 0 fully saturated rings. The lowest BCUT2D eigenvalue weighted by molar-refractivity contribution is 0.202. The third kappa shape index (κ3) is 2.45. The zero-order valence-electron chi connectivity index (χ0n) is 6.34. The molecular formula is C8H9ClN2O. The number of rotatable bonds is 3. The third-order valence-electron chi connectivity index (χ3n) is 1.27. The molecule has 0 unspecified atom stereocenters. The van der Waals surface area contributed by atoms with Crippen LogP contribution in [0.15, 0.2) is 36.7 Å². The zero-order valence-corrected chi connectivity index (χ0v) is 7.10. The fraction of sp³-hybridized carbons (Fsp3) is 0. The first-order valence-electron chi connectivity index (χ1n) is 3.34. The molecule has 0 atom stereocenters. The summed E-state index contributed by atoms with van der Waals surface area (Å²) in [4.78, 5) is 0. The molecule has 0 amide bonds. The summed E-state index contributed by atoms with van der Waals surface area (Å²) in [6.45, 7) is 3.49. The molecule has 0 aliphatic carbocycles. The Morgan fingerprint density at radius 2 is 1.92 bits per heavy atom. The van der Waals surface area contributed by atoms with E-state index in [2.05, 4.69) is 11.9 Å². The van der Waals surface area contributed by atoms with Crippen molar-refractivity contribution in [3.05, 3.63) is 41.7 Å². The topological polar surface area (TPSA) is 44.3 Å². The van der Waals surface area contributed by atoms with E-state index in [0.717, 1.165) is 5.69 Å². The van der Waals surface area contributed by atoms with Crippen molar-refractivity contribution in [2.24, 2.45) is 0 Å². The number of anilines is 1. The molecular weight excluding hydrogens is 176 g/mol. The van der Waals surface area contributed by atoms with Crippen LogP contribution in [0.2, 0.25) is 5.02 Å². The smallest absolute Gasteiger partial charge is 0.120 e. The van der Waals surface area contributed by atoms with Crippen molar-refractivity contribution >= 4 is 17.3 Å². The van der Waals surface area contributed by atoms with Gasteiger partial charge in [0.05, 0.1) is 0 Å². The normalized spacial score (nSPS) is 9.17. The fourth-order valence-electron chi connectivity index (χ4n) is 0.735. The van der Waals surface area contributed by atoms with Gasteiger partial charge >= 0.3 is 0 Å². The Kier molecular flexibility index (Phi) is 2.96. The quantitative estimate of drug-likeness (QED) is 0.631. The van der Waals surface area contributed by atoms with Gasteiger partial charge in [-0.15, -0.1) is 0 Å². The molecule has 3 N–H and O–H groups in total. The van der Waals surface area contributed by atoms with E-state index in [0.29, 0.717) is 10.8 Å². The average Bonchev–Trinajstić information content (AvgIpc) is 2.09. The van der Waals surface area contributed by atoms with Crippen LogP contribution in [-0.4, -0.2) is 5.21 Å². The molecule has 3 nitrogen and oxygen atoms in total. The Labute approximate surface area is 75.6 Å². The van der Waals surface area contributed by atoms with Crippen LogP contribution in [0.25, 0.3) is 0 Å². The number of benzene rings is 1. The minimum Gasteiger partial charge on any atom is -0.341 e. The van der Waals surface area contributed by atoms with E-state index >= 15 is 0 Å². The van der Waals surface area contributed by atoms with Gasteiger partial charge in [-0.05, 0) is 24.3 Å². The van der Waals surface area contributed by atoms with E-state index in [9.17, 15) is 0 Å². The van der Waals surface area contributed by atoms with Crippen LogP contribution in [0.5, 0.6) is 0 Å². The largest absolute Gasteiger partial charge is 0.341 e. The fourth-order valence-corrected chi connectivity index (χ4v) is 0.861. The summed E-state index contributed by atoms with van der Waals surface area (Å²) in [7, 11) is 0. The van der Waals surface area contributed by atoms with Gasteiger partial charge in [-0.2, -0.15) is 0 Å². The van der Waals surface area contributed by atoms with Gasteiger partial charge in [0, 0.05) is 10.7 Å². The van der Waals surface area contributed by atoms with Crippen molar-refractivity contribution in [3.8, 4) is 0 Å². The Bertz CT molecular complexity index is 271. The maximum Gasteiger partial charge on any atom is 0.120 e. The van der Waals surface area contributed by atoms with E-state index in [1.807, 2.05) is 5.48 Å². The van der Waals surface area contributed by atoms with Crippen molar-refractivity contribution in [3.63, 3.8) is 0 Å². The Hall–Kier alpha value is -1.19. The zero-order chi connectivity index (χ0) is 8.97. The molecule has 0 spiro atoms. The summed E-state index contributed by atoms with van der Waals surface area (Å²) in [5.74, 6) is 0.317. The highest BCUT2D eigenvalue weighted by Crippen LogP contribution is 2.13. The molecule has 0 radical (unpaired) electrons. The van der Waals surface area contributed by atoms with Gasteiger partial charge in [0.1, 0.15) is 5.82 Å². The van der Waals surface area contributed by atoms with Crippen LogP contribution in [0.3, 0.4) is 0 Å². The molecule has 0 saturated carbocycles.